The zero-order valence-electron chi connectivity index (χ0n) is 11.6. The van der Waals surface area contributed by atoms with Crippen molar-refractivity contribution in [3.05, 3.63) is 65.4 Å². The number of para-hydroxylation sites is 2. The predicted octanol–water partition coefficient (Wildman–Crippen LogP) is 3.97. The molecule has 1 amide bonds. The molecule has 2 N–H and O–H groups in total. The van der Waals surface area contributed by atoms with Gasteiger partial charge in [-0.3, -0.25) is 4.79 Å². The summed E-state index contributed by atoms with van der Waals surface area (Å²) in [5.41, 5.74) is 5.80. The first kappa shape index (κ1) is 12.0. The van der Waals surface area contributed by atoms with E-state index in [2.05, 4.69) is 16.4 Å². The van der Waals surface area contributed by atoms with E-state index < -0.39 is 0 Å². The Morgan fingerprint density at radius 3 is 2.67 bits per heavy atom. The van der Waals surface area contributed by atoms with E-state index in [4.69, 9.17) is 0 Å². The molecular formula is C18H14N2O. The number of nitrogens with one attached hydrogen (secondary N) is 2. The number of carbonyl (C=O) groups is 1. The van der Waals surface area contributed by atoms with Crippen LogP contribution in [0.4, 0.5) is 5.69 Å². The van der Waals surface area contributed by atoms with Gasteiger partial charge >= 0.3 is 0 Å². The average Bonchev–Trinajstić information content (AvgIpc) is 2.97. The molecular weight excluding hydrogens is 260 g/mol. The number of hydrogen-bond donors (Lipinski definition) is 2. The Hall–Kier alpha value is -2.81. The molecule has 0 saturated heterocycles. The second kappa shape index (κ2) is 4.35. The molecule has 0 radical (unpaired) electrons. The number of rotatable bonds is 1. The van der Waals surface area contributed by atoms with Gasteiger partial charge in [-0.15, -0.1) is 0 Å². The molecule has 1 aliphatic heterocycles. The van der Waals surface area contributed by atoms with E-state index in [1.165, 1.54) is 0 Å². The molecule has 0 spiro atoms. The van der Waals surface area contributed by atoms with Crippen LogP contribution in [0.2, 0.25) is 0 Å². The smallest absolute Gasteiger partial charge is 0.256 e. The Bertz CT molecular complexity index is 902. The average molecular weight is 274 g/mol. The summed E-state index contributed by atoms with van der Waals surface area (Å²) in [6, 6.07) is 15.9. The molecule has 1 aliphatic rings. The third-order valence-electron chi connectivity index (χ3n) is 3.94. The molecule has 21 heavy (non-hydrogen) atoms. The van der Waals surface area contributed by atoms with Gasteiger partial charge in [-0.05, 0) is 25.1 Å². The van der Waals surface area contributed by atoms with Crippen LogP contribution < -0.4 is 5.32 Å². The monoisotopic (exact) mass is 274 g/mol. The molecule has 0 unspecified atom stereocenters. The summed E-state index contributed by atoms with van der Waals surface area (Å²) >= 11 is 0. The summed E-state index contributed by atoms with van der Waals surface area (Å²) in [4.78, 5) is 15.6. The van der Waals surface area contributed by atoms with Crippen molar-refractivity contribution in [2.75, 3.05) is 5.32 Å². The minimum absolute atomic E-state index is 0.0409. The summed E-state index contributed by atoms with van der Waals surface area (Å²) in [6.07, 6.45) is 1.98. The van der Waals surface area contributed by atoms with Gasteiger partial charge in [-0.2, -0.15) is 0 Å². The first-order valence-corrected chi connectivity index (χ1v) is 6.94. The number of fused-ring (bicyclic) bond motifs is 2. The number of aromatic nitrogens is 1. The highest BCUT2D eigenvalue weighted by molar-refractivity contribution is 6.35. The van der Waals surface area contributed by atoms with E-state index in [0.717, 1.165) is 39.0 Å². The first-order chi connectivity index (χ1) is 10.2. The number of benzene rings is 2. The number of carbonyl (C=O) groups excluding carboxylic acids is 1. The number of H-pyrrole nitrogens is 1. The van der Waals surface area contributed by atoms with Crippen molar-refractivity contribution in [1.29, 1.82) is 0 Å². The highest BCUT2D eigenvalue weighted by Gasteiger charge is 2.24. The van der Waals surface area contributed by atoms with Crippen LogP contribution in [0.3, 0.4) is 0 Å². The topological polar surface area (TPSA) is 44.9 Å². The summed E-state index contributed by atoms with van der Waals surface area (Å²) in [6.45, 7) is 2.03. The minimum atomic E-state index is -0.0409. The molecule has 4 rings (SSSR count). The quantitative estimate of drug-likeness (QED) is 0.648. The lowest BCUT2D eigenvalue weighted by Crippen LogP contribution is -2.03. The highest BCUT2D eigenvalue weighted by Crippen LogP contribution is 2.34. The summed E-state index contributed by atoms with van der Waals surface area (Å²) in [7, 11) is 0. The van der Waals surface area contributed by atoms with Gasteiger partial charge < -0.3 is 10.3 Å². The van der Waals surface area contributed by atoms with Crippen LogP contribution >= 0.6 is 0 Å². The van der Waals surface area contributed by atoms with E-state index in [-0.39, 0.29) is 5.91 Å². The van der Waals surface area contributed by atoms with Crippen molar-refractivity contribution in [2.45, 2.75) is 6.92 Å². The Balaban J connectivity index is 1.95. The lowest BCUT2D eigenvalue weighted by Gasteiger charge is -1.99. The van der Waals surface area contributed by atoms with Gasteiger partial charge in [0.15, 0.2) is 0 Å². The van der Waals surface area contributed by atoms with Crippen LogP contribution in [0.15, 0.2) is 48.5 Å². The SMILES string of the molecule is Cc1[nH]c2ccccc2c1C=C1C(=O)Nc2ccccc21. The van der Waals surface area contributed by atoms with Crippen molar-refractivity contribution < 1.29 is 4.79 Å². The van der Waals surface area contributed by atoms with E-state index in [1.54, 1.807) is 0 Å². The van der Waals surface area contributed by atoms with Gasteiger partial charge in [0.25, 0.3) is 5.91 Å². The second-order valence-corrected chi connectivity index (χ2v) is 5.27. The zero-order valence-corrected chi connectivity index (χ0v) is 11.6. The Morgan fingerprint density at radius 1 is 1.00 bits per heavy atom. The van der Waals surface area contributed by atoms with Gasteiger partial charge in [0.05, 0.1) is 0 Å². The fourth-order valence-corrected chi connectivity index (χ4v) is 2.91. The largest absolute Gasteiger partial charge is 0.358 e. The number of aromatic amines is 1. The second-order valence-electron chi connectivity index (χ2n) is 5.27. The summed E-state index contributed by atoms with van der Waals surface area (Å²) in [5, 5.41) is 4.05. The number of hydrogen-bond acceptors (Lipinski definition) is 1. The fraction of sp³-hybridized carbons (Fsp3) is 0.0556. The third kappa shape index (κ3) is 1.78. The van der Waals surface area contributed by atoms with Crippen molar-refractivity contribution in [3.63, 3.8) is 0 Å². The lowest BCUT2D eigenvalue weighted by molar-refractivity contribution is -0.110. The summed E-state index contributed by atoms with van der Waals surface area (Å²) < 4.78 is 0. The van der Waals surface area contributed by atoms with Crippen molar-refractivity contribution in [2.24, 2.45) is 0 Å². The molecule has 0 bridgehead atoms. The molecule has 2 heterocycles. The van der Waals surface area contributed by atoms with Crippen LogP contribution in [0.25, 0.3) is 22.6 Å². The van der Waals surface area contributed by atoms with Gasteiger partial charge in [0.2, 0.25) is 0 Å². The molecule has 2 aromatic carbocycles. The highest BCUT2D eigenvalue weighted by atomic mass is 16.2. The normalized spacial score (nSPS) is 15.5. The van der Waals surface area contributed by atoms with E-state index in [0.29, 0.717) is 0 Å². The molecule has 0 aliphatic carbocycles. The maximum atomic E-state index is 12.2. The van der Waals surface area contributed by atoms with Crippen LogP contribution in [0.5, 0.6) is 0 Å². The van der Waals surface area contributed by atoms with Crippen molar-refractivity contribution >= 4 is 34.1 Å². The van der Waals surface area contributed by atoms with E-state index >= 15 is 0 Å². The molecule has 0 atom stereocenters. The minimum Gasteiger partial charge on any atom is -0.358 e. The standard InChI is InChI=1S/C18H14N2O/c1-11-14(12-6-2-4-8-16(12)19-11)10-15-13-7-3-5-9-17(13)20-18(15)21/h2-10,19H,1H3,(H,20,21). The molecule has 0 saturated carbocycles. The molecule has 3 heteroatoms. The predicted molar refractivity (Wildman–Crippen MR) is 86.0 cm³/mol. The van der Waals surface area contributed by atoms with Crippen LogP contribution in [-0.2, 0) is 4.79 Å². The molecule has 0 fully saturated rings. The molecule has 102 valence electrons. The van der Waals surface area contributed by atoms with Gasteiger partial charge in [0.1, 0.15) is 0 Å². The first-order valence-electron chi connectivity index (χ1n) is 6.94. The van der Waals surface area contributed by atoms with Gasteiger partial charge in [-0.25, -0.2) is 0 Å². The van der Waals surface area contributed by atoms with Crippen molar-refractivity contribution in [3.8, 4) is 0 Å². The van der Waals surface area contributed by atoms with E-state index in [9.17, 15) is 4.79 Å². The van der Waals surface area contributed by atoms with Gasteiger partial charge in [-0.1, -0.05) is 36.4 Å². The molecule has 3 aromatic rings. The van der Waals surface area contributed by atoms with Crippen molar-refractivity contribution in [1.82, 2.24) is 4.98 Å². The van der Waals surface area contributed by atoms with Crippen LogP contribution in [0, 0.1) is 6.92 Å². The number of amides is 1. The molecule has 3 nitrogen and oxygen atoms in total. The zero-order chi connectivity index (χ0) is 14.4. The van der Waals surface area contributed by atoms with Crippen LogP contribution in [-0.4, -0.2) is 10.9 Å². The lowest BCUT2D eigenvalue weighted by atomic mass is 10.0. The molecule has 1 aromatic heterocycles. The van der Waals surface area contributed by atoms with Gasteiger partial charge in [0, 0.05) is 39.0 Å². The Labute approximate surface area is 122 Å². The Morgan fingerprint density at radius 2 is 1.76 bits per heavy atom. The maximum absolute atomic E-state index is 12.2. The maximum Gasteiger partial charge on any atom is 0.256 e. The Kier molecular flexibility index (Phi) is 2.48. The number of anilines is 1. The third-order valence-corrected chi connectivity index (χ3v) is 3.94. The van der Waals surface area contributed by atoms with Crippen LogP contribution in [0.1, 0.15) is 16.8 Å². The number of aryl methyl sites for hydroxylation is 1. The fourth-order valence-electron chi connectivity index (χ4n) is 2.91. The van der Waals surface area contributed by atoms with E-state index in [1.807, 2.05) is 55.5 Å². The summed E-state index contributed by atoms with van der Waals surface area (Å²) in [5.74, 6) is -0.0409.